The third kappa shape index (κ3) is 3.24. The first-order valence-corrected chi connectivity index (χ1v) is 8.37. The number of carbonyl (C=O) groups is 2. The average Bonchev–Trinajstić information content (AvgIpc) is 3.32. The fourth-order valence-electron chi connectivity index (χ4n) is 3.01. The van der Waals surface area contributed by atoms with Crippen LogP contribution in [0.4, 0.5) is 4.39 Å². The van der Waals surface area contributed by atoms with Gasteiger partial charge < -0.3 is 10.2 Å². The van der Waals surface area contributed by atoms with E-state index in [0.29, 0.717) is 30.4 Å². The second-order valence-corrected chi connectivity index (χ2v) is 6.50. The number of rotatable bonds is 5. The Hall–Kier alpha value is -2.77. The fourth-order valence-corrected chi connectivity index (χ4v) is 3.01. The van der Waals surface area contributed by atoms with Crippen LogP contribution < -0.4 is 5.32 Å². The number of amides is 2. The Balaban J connectivity index is 1.46. The van der Waals surface area contributed by atoms with Crippen molar-refractivity contribution in [1.29, 1.82) is 0 Å². The van der Waals surface area contributed by atoms with Gasteiger partial charge >= 0.3 is 0 Å². The van der Waals surface area contributed by atoms with Crippen LogP contribution in [0.1, 0.15) is 39.4 Å². The summed E-state index contributed by atoms with van der Waals surface area (Å²) in [4.78, 5) is 26.7. The minimum absolute atomic E-state index is 0.0771. The van der Waals surface area contributed by atoms with Gasteiger partial charge in [0, 0.05) is 18.7 Å². The lowest BCUT2D eigenvalue weighted by molar-refractivity contribution is 0.0686. The van der Waals surface area contributed by atoms with Crippen molar-refractivity contribution < 1.29 is 14.0 Å². The molecule has 1 aliphatic carbocycles. The number of hydrogen-bond donors (Lipinski definition) is 1. The summed E-state index contributed by atoms with van der Waals surface area (Å²) in [5.74, 6) is -0.361. The highest BCUT2D eigenvalue weighted by atomic mass is 19.1. The molecular weight excluding hydrogens is 325 g/mol. The van der Waals surface area contributed by atoms with Crippen LogP contribution in [-0.2, 0) is 13.1 Å². The Labute approximate surface area is 143 Å². The molecule has 1 aromatic carbocycles. The quantitative estimate of drug-likeness (QED) is 0.885. The molecule has 0 bridgehead atoms. The Bertz CT molecular complexity index is 830. The van der Waals surface area contributed by atoms with E-state index in [1.54, 1.807) is 4.68 Å². The van der Waals surface area contributed by atoms with Crippen LogP contribution in [0.15, 0.2) is 24.3 Å². The van der Waals surface area contributed by atoms with Gasteiger partial charge in [-0.15, -0.1) is 5.10 Å². The van der Waals surface area contributed by atoms with E-state index in [0.717, 1.165) is 6.54 Å². The molecule has 0 radical (unpaired) electrons. The molecule has 1 aromatic heterocycles. The van der Waals surface area contributed by atoms with Gasteiger partial charge in [0.15, 0.2) is 5.69 Å². The normalized spacial score (nSPS) is 16.7. The molecule has 2 amide bonds. The largest absolute Gasteiger partial charge is 0.346 e. The van der Waals surface area contributed by atoms with Crippen molar-refractivity contribution in [3.63, 3.8) is 0 Å². The maximum absolute atomic E-state index is 13.2. The molecule has 1 saturated carbocycles. The van der Waals surface area contributed by atoms with Gasteiger partial charge in [0.25, 0.3) is 11.8 Å². The minimum atomic E-state index is -0.473. The van der Waals surface area contributed by atoms with E-state index in [1.165, 1.54) is 37.1 Å². The number of halogens is 1. The van der Waals surface area contributed by atoms with Gasteiger partial charge in [-0.1, -0.05) is 11.3 Å². The van der Waals surface area contributed by atoms with Gasteiger partial charge in [-0.2, -0.15) is 0 Å². The van der Waals surface area contributed by atoms with Crippen LogP contribution in [0.3, 0.4) is 0 Å². The zero-order chi connectivity index (χ0) is 17.4. The Morgan fingerprint density at radius 1 is 1.32 bits per heavy atom. The number of nitrogens with zero attached hydrogens (tertiary/aromatic N) is 4. The van der Waals surface area contributed by atoms with Crippen LogP contribution in [-0.4, -0.2) is 44.8 Å². The molecule has 0 spiro atoms. The highest BCUT2D eigenvalue weighted by Gasteiger charge is 2.33. The van der Waals surface area contributed by atoms with E-state index in [9.17, 15) is 14.0 Å². The molecule has 2 aromatic rings. The van der Waals surface area contributed by atoms with Crippen molar-refractivity contribution in [3.05, 3.63) is 47.0 Å². The molecule has 2 aliphatic rings. The van der Waals surface area contributed by atoms with Crippen molar-refractivity contribution in [2.24, 2.45) is 5.92 Å². The predicted octanol–water partition coefficient (Wildman–Crippen LogP) is 1.21. The minimum Gasteiger partial charge on any atom is -0.346 e. The summed E-state index contributed by atoms with van der Waals surface area (Å²) in [6, 6.07) is 5.45. The molecule has 8 heteroatoms. The van der Waals surface area contributed by atoms with Crippen molar-refractivity contribution in [1.82, 2.24) is 25.2 Å². The highest BCUT2D eigenvalue weighted by molar-refractivity contribution is 5.95. The average molecular weight is 343 g/mol. The van der Waals surface area contributed by atoms with Crippen LogP contribution in [0.2, 0.25) is 0 Å². The SMILES string of the molecule is O=C(NCc1nnn2c1C(=O)N(CC1CC1)CC2)c1cccc(F)c1. The Kier molecular flexibility index (Phi) is 3.95. The van der Waals surface area contributed by atoms with E-state index < -0.39 is 11.7 Å². The molecule has 130 valence electrons. The van der Waals surface area contributed by atoms with Crippen LogP contribution in [0.5, 0.6) is 0 Å². The van der Waals surface area contributed by atoms with E-state index in [4.69, 9.17) is 0 Å². The zero-order valence-electron chi connectivity index (χ0n) is 13.6. The molecular formula is C17H18FN5O2. The number of benzene rings is 1. The lowest BCUT2D eigenvalue weighted by Gasteiger charge is -2.27. The molecule has 0 saturated heterocycles. The van der Waals surface area contributed by atoms with E-state index in [1.807, 2.05) is 4.90 Å². The third-order valence-corrected chi connectivity index (χ3v) is 4.56. The molecule has 2 heterocycles. The summed E-state index contributed by atoms with van der Waals surface area (Å²) in [7, 11) is 0. The number of fused-ring (bicyclic) bond motifs is 1. The summed E-state index contributed by atoms with van der Waals surface area (Å²) in [5.41, 5.74) is 1.10. The fraction of sp³-hybridized carbons (Fsp3) is 0.412. The van der Waals surface area contributed by atoms with Gasteiger partial charge in [-0.05, 0) is 37.0 Å². The number of carbonyl (C=O) groups excluding carboxylic acids is 2. The molecule has 25 heavy (non-hydrogen) atoms. The van der Waals surface area contributed by atoms with Crippen molar-refractivity contribution in [2.45, 2.75) is 25.9 Å². The van der Waals surface area contributed by atoms with Gasteiger partial charge in [0.2, 0.25) is 0 Å². The number of hydrogen-bond acceptors (Lipinski definition) is 4. The van der Waals surface area contributed by atoms with Crippen molar-refractivity contribution >= 4 is 11.8 Å². The first-order chi connectivity index (χ1) is 12.1. The highest BCUT2D eigenvalue weighted by Crippen LogP contribution is 2.30. The third-order valence-electron chi connectivity index (χ3n) is 4.56. The van der Waals surface area contributed by atoms with Crippen molar-refractivity contribution in [3.8, 4) is 0 Å². The predicted molar refractivity (Wildman–Crippen MR) is 86.2 cm³/mol. The van der Waals surface area contributed by atoms with Gasteiger partial charge in [-0.25, -0.2) is 9.07 Å². The molecule has 0 unspecified atom stereocenters. The van der Waals surface area contributed by atoms with E-state index in [2.05, 4.69) is 15.6 Å². The van der Waals surface area contributed by atoms with Crippen LogP contribution in [0, 0.1) is 11.7 Å². The summed E-state index contributed by atoms with van der Waals surface area (Å²) in [6.45, 7) is 2.10. The molecule has 1 N–H and O–H groups in total. The van der Waals surface area contributed by atoms with E-state index >= 15 is 0 Å². The first-order valence-electron chi connectivity index (χ1n) is 8.37. The molecule has 0 atom stereocenters. The first kappa shape index (κ1) is 15.7. The summed E-state index contributed by atoms with van der Waals surface area (Å²) < 4.78 is 14.8. The maximum Gasteiger partial charge on any atom is 0.274 e. The second-order valence-electron chi connectivity index (χ2n) is 6.50. The standard InChI is InChI=1S/C17H18FN5O2/c18-13-3-1-2-12(8-13)16(24)19-9-14-15-17(25)22(10-11-4-5-11)6-7-23(15)21-20-14/h1-3,8,11H,4-7,9-10H2,(H,19,24). The Morgan fingerprint density at radius 2 is 2.16 bits per heavy atom. The number of nitrogens with one attached hydrogen (secondary N) is 1. The summed E-state index contributed by atoms with van der Waals surface area (Å²) in [6.07, 6.45) is 2.36. The lowest BCUT2D eigenvalue weighted by Crippen LogP contribution is -2.42. The number of aromatic nitrogens is 3. The molecule has 1 aliphatic heterocycles. The topological polar surface area (TPSA) is 80.1 Å². The lowest BCUT2D eigenvalue weighted by atomic mass is 10.2. The smallest absolute Gasteiger partial charge is 0.274 e. The van der Waals surface area contributed by atoms with Gasteiger partial charge in [-0.3, -0.25) is 9.59 Å². The molecule has 7 nitrogen and oxygen atoms in total. The summed E-state index contributed by atoms with van der Waals surface area (Å²) in [5, 5.41) is 10.7. The molecule has 4 rings (SSSR count). The van der Waals surface area contributed by atoms with Gasteiger partial charge in [0.1, 0.15) is 11.5 Å². The maximum atomic E-state index is 13.2. The Morgan fingerprint density at radius 3 is 2.92 bits per heavy atom. The zero-order valence-corrected chi connectivity index (χ0v) is 13.6. The van der Waals surface area contributed by atoms with Gasteiger partial charge in [0.05, 0.1) is 13.1 Å². The van der Waals surface area contributed by atoms with E-state index in [-0.39, 0.29) is 18.0 Å². The molecule has 1 fully saturated rings. The second kappa shape index (κ2) is 6.27. The van der Waals surface area contributed by atoms with Crippen LogP contribution in [0.25, 0.3) is 0 Å². The monoisotopic (exact) mass is 343 g/mol. The van der Waals surface area contributed by atoms with Crippen LogP contribution >= 0.6 is 0 Å². The van der Waals surface area contributed by atoms with Crippen molar-refractivity contribution in [2.75, 3.05) is 13.1 Å². The summed E-state index contributed by atoms with van der Waals surface area (Å²) >= 11 is 0.